The van der Waals surface area contributed by atoms with Gasteiger partial charge in [-0.25, -0.2) is 8.42 Å². The van der Waals surface area contributed by atoms with Crippen molar-refractivity contribution in [1.29, 1.82) is 0 Å². The number of alkyl halides is 3. The van der Waals surface area contributed by atoms with Gasteiger partial charge in [0.05, 0.1) is 21.2 Å². The molecule has 226 valence electrons. The summed E-state index contributed by atoms with van der Waals surface area (Å²) in [5.41, 5.74) is -0.0572. The number of hydrogen-bond donors (Lipinski definition) is 1. The summed E-state index contributed by atoms with van der Waals surface area (Å²) in [6.45, 7) is 6.16. The van der Waals surface area contributed by atoms with Crippen LogP contribution in [0.4, 0.5) is 18.9 Å². The number of sulfonamides is 1. The van der Waals surface area contributed by atoms with E-state index in [1.54, 1.807) is 39.0 Å². The molecule has 0 aliphatic rings. The average molecular weight is 624 g/mol. The van der Waals surface area contributed by atoms with E-state index in [0.717, 1.165) is 17.7 Å². The van der Waals surface area contributed by atoms with Gasteiger partial charge in [-0.1, -0.05) is 66.6 Å². The fourth-order valence-electron chi connectivity index (χ4n) is 4.42. The van der Waals surface area contributed by atoms with Crippen molar-refractivity contribution in [3.63, 3.8) is 0 Å². The van der Waals surface area contributed by atoms with Gasteiger partial charge in [0.25, 0.3) is 10.0 Å². The van der Waals surface area contributed by atoms with Crippen LogP contribution in [-0.4, -0.2) is 43.8 Å². The van der Waals surface area contributed by atoms with Gasteiger partial charge < -0.3 is 10.2 Å². The molecule has 0 aromatic heterocycles. The summed E-state index contributed by atoms with van der Waals surface area (Å²) in [5.74, 6) is -1.24. The molecule has 3 rings (SSSR count). The number of halogens is 4. The van der Waals surface area contributed by atoms with Crippen molar-refractivity contribution in [1.82, 2.24) is 10.2 Å². The first kappa shape index (κ1) is 32.9. The van der Waals surface area contributed by atoms with Crippen LogP contribution in [0.1, 0.15) is 43.9 Å². The van der Waals surface area contributed by atoms with Crippen LogP contribution in [-0.2, 0) is 32.3 Å². The van der Waals surface area contributed by atoms with E-state index >= 15 is 0 Å². The number of anilines is 1. The van der Waals surface area contributed by atoms with E-state index in [9.17, 15) is 31.2 Å². The molecule has 1 N–H and O–H groups in total. The maximum Gasteiger partial charge on any atom is 0.416 e. The first-order chi connectivity index (χ1) is 19.6. The second kappa shape index (κ2) is 13.6. The highest BCUT2D eigenvalue weighted by Gasteiger charge is 2.37. The number of nitrogens with zero attached hydrogens (tertiary/aromatic N) is 2. The van der Waals surface area contributed by atoms with Gasteiger partial charge in [0.2, 0.25) is 11.8 Å². The smallest absolute Gasteiger partial charge is 0.352 e. The number of carbonyl (C=O) groups is 2. The predicted octanol–water partition coefficient (Wildman–Crippen LogP) is 6.19. The zero-order valence-corrected chi connectivity index (χ0v) is 25.2. The SMILES string of the molecule is CC[C@H](C(=O)NC(C)C)N(Cc1cccc(C)c1)C(=O)CN(c1cc(C(F)(F)F)ccc1Cl)S(=O)(=O)c1ccccc1. The van der Waals surface area contributed by atoms with Gasteiger partial charge in [0, 0.05) is 12.6 Å². The molecule has 1 atom stereocenters. The van der Waals surface area contributed by atoms with Crippen LogP contribution < -0.4 is 9.62 Å². The van der Waals surface area contributed by atoms with Crippen molar-refractivity contribution >= 4 is 39.1 Å². The summed E-state index contributed by atoms with van der Waals surface area (Å²) in [7, 11) is -4.59. The Hall–Kier alpha value is -3.57. The van der Waals surface area contributed by atoms with Gasteiger partial charge in [-0.2, -0.15) is 13.2 Å². The molecule has 3 aromatic rings. The third kappa shape index (κ3) is 8.04. The Morgan fingerprint density at radius 1 is 0.976 bits per heavy atom. The van der Waals surface area contributed by atoms with Crippen LogP contribution >= 0.6 is 11.6 Å². The summed E-state index contributed by atoms with van der Waals surface area (Å²) in [4.78, 5) is 28.2. The van der Waals surface area contributed by atoms with Crippen molar-refractivity contribution in [2.75, 3.05) is 10.8 Å². The predicted molar refractivity (Wildman–Crippen MR) is 157 cm³/mol. The van der Waals surface area contributed by atoms with E-state index in [0.29, 0.717) is 15.9 Å². The molecule has 0 aliphatic carbocycles. The number of carbonyl (C=O) groups excluding carboxylic acids is 2. The van der Waals surface area contributed by atoms with Crippen molar-refractivity contribution in [3.05, 3.63) is 94.5 Å². The molecule has 0 bridgehead atoms. The number of rotatable bonds is 11. The van der Waals surface area contributed by atoms with Crippen LogP contribution in [0.2, 0.25) is 5.02 Å². The van der Waals surface area contributed by atoms with Crippen LogP contribution in [0.15, 0.2) is 77.7 Å². The van der Waals surface area contributed by atoms with Gasteiger partial charge in [0.15, 0.2) is 0 Å². The molecule has 42 heavy (non-hydrogen) atoms. The fraction of sp³-hybridized carbons (Fsp3) is 0.333. The quantitative estimate of drug-likeness (QED) is 0.276. The van der Waals surface area contributed by atoms with E-state index in [1.807, 2.05) is 19.1 Å². The molecule has 0 radical (unpaired) electrons. The average Bonchev–Trinajstić information content (AvgIpc) is 2.91. The molecule has 12 heteroatoms. The van der Waals surface area contributed by atoms with Crippen LogP contribution in [0.3, 0.4) is 0 Å². The van der Waals surface area contributed by atoms with Crippen molar-refractivity contribution in [2.45, 2.75) is 63.8 Å². The molecule has 0 unspecified atom stereocenters. The molecule has 0 aliphatic heterocycles. The number of benzene rings is 3. The minimum absolute atomic E-state index is 0.0416. The highest BCUT2D eigenvalue weighted by molar-refractivity contribution is 7.92. The van der Waals surface area contributed by atoms with Crippen LogP contribution in [0.25, 0.3) is 0 Å². The van der Waals surface area contributed by atoms with E-state index in [2.05, 4.69) is 5.32 Å². The van der Waals surface area contributed by atoms with Crippen molar-refractivity contribution in [2.24, 2.45) is 0 Å². The Labute approximate surface area is 249 Å². The lowest BCUT2D eigenvalue weighted by Crippen LogP contribution is -2.53. The summed E-state index contributed by atoms with van der Waals surface area (Å²) >= 11 is 6.28. The Morgan fingerprint density at radius 2 is 1.64 bits per heavy atom. The maximum atomic E-state index is 14.1. The summed E-state index contributed by atoms with van der Waals surface area (Å²) in [6, 6.07) is 15.3. The monoisotopic (exact) mass is 623 g/mol. The van der Waals surface area contributed by atoms with Gasteiger partial charge in [0.1, 0.15) is 12.6 Å². The summed E-state index contributed by atoms with van der Waals surface area (Å²) in [6.07, 6.45) is -4.60. The Balaban J connectivity index is 2.16. The van der Waals surface area contributed by atoms with Crippen LogP contribution in [0, 0.1) is 6.92 Å². The van der Waals surface area contributed by atoms with Crippen molar-refractivity contribution < 1.29 is 31.2 Å². The third-order valence-corrected chi connectivity index (χ3v) is 8.50. The standard InChI is InChI=1S/C30H33ClF3N3O4S/c1-5-26(29(39)35-20(2)3)36(18-22-11-9-10-21(4)16-22)28(38)19-37(42(40,41)24-12-7-6-8-13-24)27-17-23(30(32,33)34)14-15-25(27)31/h6-17,20,26H,5,18-19H2,1-4H3,(H,35,39)/t26-/m1/s1. The summed E-state index contributed by atoms with van der Waals surface area (Å²) in [5, 5.41) is 2.49. The number of hydrogen-bond acceptors (Lipinski definition) is 4. The minimum atomic E-state index is -4.80. The van der Waals surface area contributed by atoms with Gasteiger partial charge >= 0.3 is 6.18 Å². The zero-order valence-electron chi connectivity index (χ0n) is 23.7. The molecule has 2 amide bonds. The molecule has 3 aromatic carbocycles. The normalized spacial score (nSPS) is 12.6. The van der Waals surface area contributed by atoms with E-state index in [4.69, 9.17) is 11.6 Å². The Morgan fingerprint density at radius 3 is 2.21 bits per heavy atom. The number of amides is 2. The maximum absolute atomic E-state index is 14.1. The van der Waals surface area contributed by atoms with Crippen molar-refractivity contribution in [3.8, 4) is 0 Å². The minimum Gasteiger partial charge on any atom is -0.352 e. The van der Waals surface area contributed by atoms with E-state index in [-0.39, 0.29) is 28.9 Å². The zero-order chi connectivity index (χ0) is 31.2. The largest absolute Gasteiger partial charge is 0.416 e. The highest BCUT2D eigenvalue weighted by Crippen LogP contribution is 2.37. The van der Waals surface area contributed by atoms with E-state index in [1.165, 1.54) is 29.2 Å². The first-order valence-electron chi connectivity index (χ1n) is 13.2. The molecular weight excluding hydrogens is 591 g/mol. The third-order valence-electron chi connectivity index (χ3n) is 6.40. The van der Waals surface area contributed by atoms with Crippen LogP contribution in [0.5, 0.6) is 0 Å². The van der Waals surface area contributed by atoms with Gasteiger partial charge in [-0.05, 0) is 63.1 Å². The Kier molecular flexibility index (Phi) is 10.7. The second-order valence-corrected chi connectivity index (χ2v) is 12.4. The van der Waals surface area contributed by atoms with Gasteiger partial charge in [-0.3, -0.25) is 13.9 Å². The molecule has 7 nitrogen and oxygen atoms in total. The highest BCUT2D eigenvalue weighted by atomic mass is 35.5. The van der Waals surface area contributed by atoms with Gasteiger partial charge in [-0.15, -0.1) is 0 Å². The number of nitrogens with one attached hydrogen (secondary N) is 1. The molecule has 0 fully saturated rings. The lowest BCUT2D eigenvalue weighted by Gasteiger charge is -2.34. The topological polar surface area (TPSA) is 86.8 Å². The lowest BCUT2D eigenvalue weighted by molar-refractivity contribution is -0.140. The molecule has 0 heterocycles. The second-order valence-electron chi connectivity index (χ2n) is 10.1. The number of aryl methyl sites for hydroxylation is 1. The first-order valence-corrected chi connectivity index (χ1v) is 15.1. The van der Waals surface area contributed by atoms with E-state index < -0.39 is 51.9 Å². The fourth-order valence-corrected chi connectivity index (χ4v) is 6.14. The molecular formula is C30H33ClF3N3O4S. The molecule has 0 saturated carbocycles. The summed E-state index contributed by atoms with van der Waals surface area (Å²) < 4.78 is 69.3. The molecule has 0 saturated heterocycles. The Bertz CT molecular complexity index is 1520. The lowest BCUT2D eigenvalue weighted by atomic mass is 10.1. The molecule has 0 spiro atoms.